The van der Waals surface area contributed by atoms with Gasteiger partial charge in [-0.25, -0.2) is 0 Å². The lowest BCUT2D eigenvalue weighted by Gasteiger charge is -2.07. The quantitative estimate of drug-likeness (QED) is 0.612. The van der Waals surface area contributed by atoms with Gasteiger partial charge in [-0.3, -0.25) is 0 Å². The first-order valence-electron chi connectivity index (χ1n) is 3.53. The molecule has 0 amide bonds. The maximum absolute atomic E-state index is 3.29. The average molecular weight is 127 g/mol. The first-order chi connectivity index (χ1) is 4.16. The van der Waals surface area contributed by atoms with E-state index in [-0.39, 0.29) is 0 Å². The number of allylic oxidation sites excluding steroid dienone is 2. The van der Waals surface area contributed by atoms with Crippen LogP contribution >= 0.6 is 0 Å². The Balaban J connectivity index is 3.28. The zero-order chi connectivity index (χ0) is 7.28. The van der Waals surface area contributed by atoms with Gasteiger partial charge >= 0.3 is 0 Å². The van der Waals surface area contributed by atoms with E-state index in [0.29, 0.717) is 0 Å². The third kappa shape index (κ3) is 5.41. The summed E-state index contributed by atoms with van der Waals surface area (Å²) >= 11 is 0. The summed E-state index contributed by atoms with van der Waals surface area (Å²) in [5.41, 5.74) is 1.27. The summed E-state index contributed by atoms with van der Waals surface area (Å²) in [4.78, 5) is 0. The van der Waals surface area contributed by atoms with Gasteiger partial charge in [0.05, 0.1) is 0 Å². The molecule has 9 heavy (non-hydrogen) atoms. The molecule has 1 nitrogen and oxygen atoms in total. The molecule has 0 bridgehead atoms. The minimum atomic E-state index is 0.736. The highest BCUT2D eigenvalue weighted by Gasteiger charge is 1.90. The van der Waals surface area contributed by atoms with E-state index >= 15 is 0 Å². The molecule has 0 radical (unpaired) electrons. The summed E-state index contributed by atoms with van der Waals surface area (Å²) in [5, 5.41) is 3.29. The smallest absolute Gasteiger partial charge is 0.0166 e. The molecule has 0 heterocycles. The zero-order valence-corrected chi connectivity index (χ0v) is 6.86. The van der Waals surface area contributed by atoms with Crippen LogP contribution in [0.15, 0.2) is 11.8 Å². The average Bonchev–Trinajstić information content (AvgIpc) is 1.83. The van der Waals surface area contributed by atoms with E-state index in [4.69, 9.17) is 0 Å². The van der Waals surface area contributed by atoms with Crippen LogP contribution in [0.25, 0.3) is 0 Å². The van der Waals surface area contributed by atoms with Gasteiger partial charge < -0.3 is 5.32 Å². The minimum absolute atomic E-state index is 0.736. The van der Waals surface area contributed by atoms with Crippen molar-refractivity contribution in [2.24, 2.45) is 5.92 Å². The van der Waals surface area contributed by atoms with Crippen LogP contribution < -0.4 is 5.32 Å². The topological polar surface area (TPSA) is 12.0 Å². The van der Waals surface area contributed by atoms with E-state index in [0.717, 1.165) is 12.5 Å². The van der Waals surface area contributed by atoms with Crippen LogP contribution in [0.2, 0.25) is 0 Å². The van der Waals surface area contributed by atoms with Crippen molar-refractivity contribution in [2.75, 3.05) is 6.54 Å². The second-order valence-electron chi connectivity index (χ2n) is 2.75. The largest absolute Gasteiger partial charge is 0.389 e. The van der Waals surface area contributed by atoms with E-state index in [1.54, 1.807) is 0 Å². The molecule has 0 aliphatic rings. The summed E-state index contributed by atoms with van der Waals surface area (Å²) in [6.45, 7) is 9.62. The number of hydrogen-bond acceptors (Lipinski definition) is 1. The van der Waals surface area contributed by atoms with Crippen molar-refractivity contribution >= 4 is 0 Å². The van der Waals surface area contributed by atoms with Crippen molar-refractivity contribution in [3.63, 3.8) is 0 Å². The highest BCUT2D eigenvalue weighted by atomic mass is 14.9. The van der Waals surface area contributed by atoms with Gasteiger partial charge in [-0.2, -0.15) is 0 Å². The highest BCUT2D eigenvalue weighted by Crippen LogP contribution is 1.90. The van der Waals surface area contributed by atoms with Gasteiger partial charge in [0.25, 0.3) is 0 Å². The summed E-state index contributed by atoms with van der Waals surface area (Å²) in [6, 6.07) is 0. The van der Waals surface area contributed by atoms with E-state index < -0.39 is 0 Å². The molecule has 1 N–H and O–H groups in total. The third-order valence-electron chi connectivity index (χ3n) is 1.22. The Kier molecular flexibility index (Phi) is 4.20. The third-order valence-corrected chi connectivity index (χ3v) is 1.22. The fourth-order valence-corrected chi connectivity index (χ4v) is 0.467. The van der Waals surface area contributed by atoms with Gasteiger partial charge in [0.2, 0.25) is 0 Å². The van der Waals surface area contributed by atoms with Gasteiger partial charge in [0.1, 0.15) is 0 Å². The Morgan fingerprint density at radius 3 is 2.44 bits per heavy atom. The first-order valence-corrected chi connectivity index (χ1v) is 3.53. The molecule has 0 unspecified atom stereocenters. The van der Waals surface area contributed by atoms with Gasteiger partial charge in [0.15, 0.2) is 0 Å². The highest BCUT2D eigenvalue weighted by molar-refractivity contribution is 4.92. The number of hydrogen-bond donors (Lipinski definition) is 1. The normalized spacial score (nSPS) is 12.3. The second kappa shape index (κ2) is 4.42. The Morgan fingerprint density at radius 2 is 2.11 bits per heavy atom. The molecule has 0 aromatic carbocycles. The first kappa shape index (κ1) is 8.54. The molecule has 54 valence electrons. The molecule has 0 aliphatic carbocycles. The lowest BCUT2D eigenvalue weighted by molar-refractivity contribution is 0.596. The van der Waals surface area contributed by atoms with Crippen LogP contribution in [0.3, 0.4) is 0 Å². The van der Waals surface area contributed by atoms with Crippen molar-refractivity contribution in [3.05, 3.63) is 11.8 Å². The van der Waals surface area contributed by atoms with E-state index in [2.05, 4.69) is 32.2 Å². The Labute approximate surface area is 58.2 Å². The number of nitrogens with one attached hydrogen (secondary N) is 1. The lowest BCUT2D eigenvalue weighted by atomic mass is 10.2. The Bertz CT molecular complexity index is 92.7. The minimum Gasteiger partial charge on any atom is -0.389 e. The van der Waals surface area contributed by atoms with Crippen LogP contribution in [0.1, 0.15) is 27.7 Å². The standard InChI is InChI=1S/C8H17N/c1-5-8(4)9-6-7(2)3/h5,7,9H,6H2,1-4H3/b8-5-. The molecule has 0 aromatic rings. The molecular weight excluding hydrogens is 110 g/mol. The molecule has 0 saturated heterocycles. The van der Waals surface area contributed by atoms with Crippen molar-refractivity contribution in [2.45, 2.75) is 27.7 Å². The zero-order valence-electron chi connectivity index (χ0n) is 6.86. The second-order valence-corrected chi connectivity index (χ2v) is 2.75. The van der Waals surface area contributed by atoms with Gasteiger partial charge in [-0.1, -0.05) is 19.9 Å². The molecule has 0 fully saturated rings. The van der Waals surface area contributed by atoms with Crippen LogP contribution in [0.5, 0.6) is 0 Å². The lowest BCUT2D eigenvalue weighted by Crippen LogP contribution is -2.16. The van der Waals surface area contributed by atoms with Crippen molar-refractivity contribution in [1.29, 1.82) is 0 Å². The molecule has 0 atom stereocenters. The van der Waals surface area contributed by atoms with Crippen molar-refractivity contribution < 1.29 is 0 Å². The summed E-state index contributed by atoms with van der Waals surface area (Å²) in [7, 11) is 0. The molecular formula is C8H17N. The summed E-state index contributed by atoms with van der Waals surface area (Å²) in [5.74, 6) is 0.736. The van der Waals surface area contributed by atoms with Crippen LogP contribution in [0, 0.1) is 5.92 Å². The van der Waals surface area contributed by atoms with Crippen molar-refractivity contribution in [3.8, 4) is 0 Å². The SMILES string of the molecule is C/C=C(/C)NCC(C)C. The maximum Gasteiger partial charge on any atom is 0.0166 e. The fourth-order valence-electron chi connectivity index (χ4n) is 0.467. The molecule has 0 rings (SSSR count). The molecule has 0 aliphatic heterocycles. The summed E-state index contributed by atoms with van der Waals surface area (Å²) in [6.07, 6.45) is 2.09. The summed E-state index contributed by atoms with van der Waals surface area (Å²) < 4.78 is 0. The number of rotatable bonds is 3. The van der Waals surface area contributed by atoms with Gasteiger partial charge in [-0.15, -0.1) is 0 Å². The molecule has 0 aromatic heterocycles. The van der Waals surface area contributed by atoms with Gasteiger partial charge in [-0.05, 0) is 19.8 Å². The van der Waals surface area contributed by atoms with Gasteiger partial charge in [0, 0.05) is 12.2 Å². The van der Waals surface area contributed by atoms with E-state index in [1.807, 2.05) is 6.92 Å². The van der Waals surface area contributed by atoms with E-state index in [9.17, 15) is 0 Å². The van der Waals surface area contributed by atoms with Crippen LogP contribution in [-0.4, -0.2) is 6.54 Å². The van der Waals surface area contributed by atoms with Crippen LogP contribution in [-0.2, 0) is 0 Å². The van der Waals surface area contributed by atoms with Crippen molar-refractivity contribution in [1.82, 2.24) is 5.32 Å². The predicted octanol–water partition coefficient (Wildman–Crippen LogP) is 2.16. The van der Waals surface area contributed by atoms with Crippen LogP contribution in [0.4, 0.5) is 0 Å². The van der Waals surface area contributed by atoms with E-state index in [1.165, 1.54) is 5.70 Å². The maximum atomic E-state index is 3.29. The predicted molar refractivity (Wildman–Crippen MR) is 42.3 cm³/mol. The monoisotopic (exact) mass is 127 g/mol. The molecule has 1 heteroatoms. The molecule has 0 saturated carbocycles. The molecule has 0 spiro atoms. The fraction of sp³-hybridized carbons (Fsp3) is 0.750. The Hall–Kier alpha value is -0.460. The Morgan fingerprint density at radius 1 is 1.56 bits per heavy atom.